The van der Waals surface area contributed by atoms with Crippen molar-refractivity contribution in [3.8, 4) is 0 Å². The van der Waals surface area contributed by atoms with Gasteiger partial charge in [0, 0.05) is 37.1 Å². The van der Waals surface area contributed by atoms with E-state index in [4.69, 9.17) is 0 Å². The van der Waals surface area contributed by atoms with Crippen LogP contribution < -0.4 is 15.5 Å². The second-order valence-corrected chi connectivity index (χ2v) is 8.10. The molecule has 23 heavy (non-hydrogen) atoms. The zero-order valence-corrected chi connectivity index (χ0v) is 15.9. The maximum absolute atomic E-state index is 12.0. The standard InChI is InChI=1S/C16H26BrN5O/c1-11(20-15(23)21-16(2,3)4)12-6-5-7-22(10-12)14-18-8-13(17)9-19-14/h8-9,11-12H,5-7,10H2,1-4H3,(H2,20,21,23). The average Bonchev–Trinajstić information content (AvgIpc) is 2.46. The molecule has 1 aromatic heterocycles. The largest absolute Gasteiger partial charge is 0.340 e. The Balaban J connectivity index is 1.92. The summed E-state index contributed by atoms with van der Waals surface area (Å²) in [4.78, 5) is 23.0. The predicted molar refractivity (Wildman–Crippen MR) is 95.6 cm³/mol. The number of nitrogens with one attached hydrogen (secondary N) is 2. The summed E-state index contributed by atoms with van der Waals surface area (Å²) in [6.45, 7) is 9.82. The average molecular weight is 384 g/mol. The predicted octanol–water partition coefficient (Wildman–Crippen LogP) is 2.94. The number of piperidine rings is 1. The van der Waals surface area contributed by atoms with Crippen molar-refractivity contribution >= 4 is 27.9 Å². The molecule has 1 saturated heterocycles. The molecule has 6 nitrogen and oxygen atoms in total. The van der Waals surface area contributed by atoms with Crippen LogP contribution >= 0.6 is 15.9 Å². The first-order valence-electron chi connectivity index (χ1n) is 8.06. The van der Waals surface area contributed by atoms with Gasteiger partial charge in [0.05, 0.1) is 4.47 Å². The molecule has 2 heterocycles. The zero-order valence-electron chi connectivity index (χ0n) is 14.3. The Bertz CT molecular complexity index is 528. The molecule has 1 aliphatic rings. The van der Waals surface area contributed by atoms with Gasteiger partial charge in [-0.15, -0.1) is 0 Å². The zero-order chi connectivity index (χ0) is 17.0. The van der Waals surface area contributed by atoms with Crippen LogP contribution in [0.3, 0.4) is 0 Å². The lowest BCUT2D eigenvalue weighted by atomic mass is 9.92. The van der Waals surface area contributed by atoms with Gasteiger partial charge in [-0.3, -0.25) is 0 Å². The fourth-order valence-corrected chi connectivity index (χ4v) is 2.97. The molecule has 0 aromatic carbocycles. The highest BCUT2D eigenvalue weighted by molar-refractivity contribution is 9.10. The number of hydrogen-bond acceptors (Lipinski definition) is 4. The summed E-state index contributed by atoms with van der Waals surface area (Å²) in [7, 11) is 0. The number of urea groups is 1. The molecule has 0 radical (unpaired) electrons. The van der Waals surface area contributed by atoms with Gasteiger partial charge in [0.2, 0.25) is 5.95 Å². The van der Waals surface area contributed by atoms with E-state index in [-0.39, 0.29) is 17.6 Å². The maximum Gasteiger partial charge on any atom is 0.315 e. The number of carbonyl (C=O) groups excluding carboxylic acids is 1. The normalized spacial score (nSPS) is 20.0. The van der Waals surface area contributed by atoms with Gasteiger partial charge >= 0.3 is 6.03 Å². The van der Waals surface area contributed by atoms with Crippen LogP contribution in [0.15, 0.2) is 16.9 Å². The van der Waals surface area contributed by atoms with Crippen molar-refractivity contribution < 1.29 is 4.79 Å². The van der Waals surface area contributed by atoms with Gasteiger partial charge < -0.3 is 15.5 Å². The van der Waals surface area contributed by atoms with Gasteiger partial charge in [-0.2, -0.15) is 0 Å². The van der Waals surface area contributed by atoms with Crippen molar-refractivity contribution in [2.75, 3.05) is 18.0 Å². The van der Waals surface area contributed by atoms with Gasteiger partial charge in [-0.25, -0.2) is 14.8 Å². The van der Waals surface area contributed by atoms with E-state index in [9.17, 15) is 4.79 Å². The van der Waals surface area contributed by atoms with Crippen molar-refractivity contribution in [1.29, 1.82) is 0 Å². The van der Waals surface area contributed by atoms with Crippen LogP contribution in [0, 0.1) is 5.92 Å². The molecule has 2 N–H and O–H groups in total. The minimum atomic E-state index is -0.229. The molecule has 2 amide bonds. The summed E-state index contributed by atoms with van der Waals surface area (Å²) in [5, 5.41) is 6.01. The Labute approximate surface area is 146 Å². The molecular formula is C16H26BrN5O. The lowest BCUT2D eigenvalue weighted by molar-refractivity contribution is 0.221. The lowest BCUT2D eigenvalue weighted by Crippen LogP contribution is -2.52. The minimum absolute atomic E-state index is 0.107. The molecule has 128 valence electrons. The molecule has 0 aliphatic carbocycles. The van der Waals surface area contributed by atoms with Crippen molar-refractivity contribution in [3.05, 3.63) is 16.9 Å². The van der Waals surface area contributed by atoms with Crippen LogP contribution in [0.5, 0.6) is 0 Å². The third-order valence-corrected chi connectivity index (χ3v) is 4.31. The van der Waals surface area contributed by atoms with E-state index in [1.54, 1.807) is 12.4 Å². The fourth-order valence-electron chi connectivity index (χ4n) is 2.77. The number of hydrogen-bond donors (Lipinski definition) is 2. The summed E-state index contributed by atoms with van der Waals surface area (Å²) in [5.74, 6) is 1.14. The number of aromatic nitrogens is 2. The molecule has 1 fully saturated rings. The second-order valence-electron chi connectivity index (χ2n) is 7.19. The van der Waals surface area contributed by atoms with Crippen LogP contribution in [0.4, 0.5) is 10.7 Å². The van der Waals surface area contributed by atoms with E-state index in [0.717, 1.165) is 36.4 Å². The summed E-state index contributed by atoms with van der Waals surface area (Å²) in [6.07, 6.45) is 5.72. The number of nitrogens with zero attached hydrogens (tertiary/aromatic N) is 3. The molecule has 2 rings (SSSR count). The fraction of sp³-hybridized carbons (Fsp3) is 0.688. The monoisotopic (exact) mass is 383 g/mol. The van der Waals surface area contributed by atoms with Gasteiger partial charge in [0.15, 0.2) is 0 Å². The molecule has 1 aliphatic heterocycles. The first kappa shape index (κ1) is 18.0. The molecule has 7 heteroatoms. The number of carbonyl (C=O) groups is 1. The Kier molecular flexibility index (Phi) is 5.84. The SMILES string of the molecule is CC(NC(=O)NC(C)(C)C)C1CCCN(c2ncc(Br)cn2)C1. The molecular weight excluding hydrogens is 358 g/mol. The molecule has 0 bridgehead atoms. The Morgan fingerprint density at radius 2 is 2.04 bits per heavy atom. The van der Waals surface area contributed by atoms with Gasteiger partial charge in [0.1, 0.15) is 0 Å². The highest BCUT2D eigenvalue weighted by atomic mass is 79.9. The highest BCUT2D eigenvalue weighted by Crippen LogP contribution is 2.23. The summed E-state index contributed by atoms with van der Waals surface area (Å²) in [6, 6.07) is -0.00221. The van der Waals surface area contributed by atoms with Crippen molar-refractivity contribution in [3.63, 3.8) is 0 Å². The number of halogens is 1. The molecule has 2 unspecified atom stereocenters. The smallest absolute Gasteiger partial charge is 0.315 e. The van der Waals surface area contributed by atoms with E-state index < -0.39 is 0 Å². The minimum Gasteiger partial charge on any atom is -0.340 e. The summed E-state index contributed by atoms with van der Waals surface area (Å²) < 4.78 is 0.878. The van der Waals surface area contributed by atoms with E-state index in [2.05, 4.69) is 48.4 Å². The maximum atomic E-state index is 12.0. The first-order chi connectivity index (χ1) is 10.7. The lowest BCUT2D eigenvalue weighted by Gasteiger charge is -2.36. The van der Waals surface area contributed by atoms with E-state index >= 15 is 0 Å². The third-order valence-electron chi connectivity index (χ3n) is 3.90. The first-order valence-corrected chi connectivity index (χ1v) is 8.85. The van der Waals surface area contributed by atoms with Crippen molar-refractivity contribution in [1.82, 2.24) is 20.6 Å². The van der Waals surface area contributed by atoms with E-state index in [1.807, 2.05) is 20.8 Å². The summed E-state index contributed by atoms with van der Waals surface area (Å²) >= 11 is 3.36. The molecule has 1 aromatic rings. The Morgan fingerprint density at radius 3 is 2.65 bits per heavy atom. The van der Waals surface area contributed by atoms with Crippen LogP contribution in [-0.2, 0) is 0 Å². The molecule has 0 saturated carbocycles. The highest BCUT2D eigenvalue weighted by Gasteiger charge is 2.27. The van der Waals surface area contributed by atoms with Gasteiger partial charge in [-0.1, -0.05) is 0 Å². The van der Waals surface area contributed by atoms with Gasteiger partial charge in [0.25, 0.3) is 0 Å². The topological polar surface area (TPSA) is 70.2 Å². The van der Waals surface area contributed by atoms with Crippen LogP contribution in [0.2, 0.25) is 0 Å². The van der Waals surface area contributed by atoms with Crippen LogP contribution in [0.1, 0.15) is 40.5 Å². The summed E-state index contributed by atoms with van der Waals surface area (Å²) in [5.41, 5.74) is -0.229. The number of amides is 2. The van der Waals surface area contributed by atoms with Crippen LogP contribution in [0.25, 0.3) is 0 Å². The third kappa shape index (κ3) is 5.64. The molecule has 0 spiro atoms. The van der Waals surface area contributed by atoms with Crippen molar-refractivity contribution in [2.24, 2.45) is 5.92 Å². The van der Waals surface area contributed by atoms with Crippen LogP contribution in [-0.4, -0.2) is 40.7 Å². The number of anilines is 1. The number of rotatable bonds is 3. The molecule has 2 atom stereocenters. The van der Waals surface area contributed by atoms with E-state index in [1.165, 1.54) is 0 Å². The Morgan fingerprint density at radius 1 is 1.39 bits per heavy atom. The quantitative estimate of drug-likeness (QED) is 0.841. The van der Waals surface area contributed by atoms with E-state index in [0.29, 0.717) is 5.92 Å². The van der Waals surface area contributed by atoms with Crippen molar-refractivity contribution in [2.45, 2.75) is 52.1 Å². The second kappa shape index (κ2) is 7.47. The Hall–Kier alpha value is -1.37. The van der Waals surface area contributed by atoms with Gasteiger partial charge in [-0.05, 0) is 62.4 Å².